The van der Waals surface area contributed by atoms with Crippen LogP contribution in [0.3, 0.4) is 0 Å². The molecule has 0 radical (unpaired) electrons. The third kappa shape index (κ3) is 7.55. The van der Waals surface area contributed by atoms with E-state index >= 15 is 0 Å². The van der Waals surface area contributed by atoms with Crippen LogP contribution in [0, 0.1) is 35.5 Å². The van der Waals surface area contributed by atoms with Crippen LogP contribution in [0.4, 0.5) is 5.69 Å². The first-order valence-corrected chi connectivity index (χ1v) is 11.5. The topological polar surface area (TPSA) is 54.1 Å². The SMILES string of the molecule is C#C.CC(c1ccc(C#N)cc1)N1CCN(c2ccc(C#N)cc2Cl)CC1.Clc1ccccc1. The van der Waals surface area contributed by atoms with Crippen molar-refractivity contribution in [1.29, 1.82) is 10.5 Å². The van der Waals surface area contributed by atoms with E-state index in [0.29, 0.717) is 22.2 Å². The molecule has 4 rings (SSSR count). The van der Waals surface area contributed by atoms with Crippen LogP contribution < -0.4 is 4.90 Å². The van der Waals surface area contributed by atoms with E-state index in [1.54, 1.807) is 6.07 Å². The van der Waals surface area contributed by atoms with E-state index in [2.05, 4.69) is 41.7 Å². The van der Waals surface area contributed by atoms with E-state index in [0.717, 1.165) is 36.9 Å². The molecule has 0 aliphatic carbocycles. The van der Waals surface area contributed by atoms with E-state index in [9.17, 15) is 0 Å². The number of piperazine rings is 1. The molecule has 0 saturated carbocycles. The summed E-state index contributed by atoms with van der Waals surface area (Å²) in [5.41, 5.74) is 3.49. The molecule has 3 aromatic rings. The lowest BCUT2D eigenvalue weighted by Crippen LogP contribution is -2.47. The maximum Gasteiger partial charge on any atom is 0.0992 e. The smallest absolute Gasteiger partial charge is 0.0992 e. The number of nitrogens with zero attached hydrogens (tertiary/aromatic N) is 4. The van der Waals surface area contributed by atoms with Crippen LogP contribution >= 0.6 is 23.2 Å². The lowest BCUT2D eigenvalue weighted by Gasteiger charge is -2.39. The van der Waals surface area contributed by atoms with Gasteiger partial charge in [0.25, 0.3) is 0 Å². The van der Waals surface area contributed by atoms with Crippen molar-refractivity contribution in [3.05, 3.63) is 99.5 Å². The maximum atomic E-state index is 8.95. The van der Waals surface area contributed by atoms with Gasteiger partial charge in [-0.3, -0.25) is 4.90 Å². The van der Waals surface area contributed by atoms with Gasteiger partial charge in [0, 0.05) is 37.2 Å². The molecule has 0 spiro atoms. The van der Waals surface area contributed by atoms with Gasteiger partial charge in [0.15, 0.2) is 0 Å². The van der Waals surface area contributed by atoms with Crippen molar-refractivity contribution in [2.24, 2.45) is 0 Å². The fraction of sp³-hybridized carbons (Fsp3) is 0.214. The zero-order valence-corrected chi connectivity index (χ0v) is 20.5. The number of terminal acetylenes is 1. The second-order valence-electron chi connectivity index (χ2n) is 7.51. The fourth-order valence-electron chi connectivity index (χ4n) is 3.64. The number of nitriles is 2. The molecule has 1 unspecified atom stereocenters. The summed E-state index contributed by atoms with van der Waals surface area (Å²) in [5, 5.41) is 19.3. The van der Waals surface area contributed by atoms with Gasteiger partial charge >= 0.3 is 0 Å². The summed E-state index contributed by atoms with van der Waals surface area (Å²) in [5.74, 6) is 0. The highest BCUT2D eigenvalue weighted by atomic mass is 35.5. The van der Waals surface area contributed by atoms with Gasteiger partial charge in [-0.2, -0.15) is 10.5 Å². The Morgan fingerprint density at radius 2 is 1.35 bits per heavy atom. The number of halogens is 2. The number of anilines is 1. The van der Waals surface area contributed by atoms with E-state index in [1.807, 2.05) is 66.7 Å². The predicted octanol–water partition coefficient (Wildman–Crippen LogP) is 6.56. The quantitative estimate of drug-likeness (QED) is 0.391. The van der Waals surface area contributed by atoms with Crippen LogP contribution in [-0.2, 0) is 0 Å². The minimum atomic E-state index is 0.311. The monoisotopic (exact) mass is 488 g/mol. The summed E-state index contributed by atoms with van der Waals surface area (Å²) in [6, 6.07) is 27.3. The maximum absolute atomic E-state index is 8.95. The molecule has 0 aromatic heterocycles. The zero-order valence-electron chi connectivity index (χ0n) is 19.0. The van der Waals surface area contributed by atoms with Crippen LogP contribution in [0.15, 0.2) is 72.8 Å². The predicted molar refractivity (Wildman–Crippen MR) is 141 cm³/mol. The average Bonchev–Trinajstić information content (AvgIpc) is 2.90. The third-order valence-electron chi connectivity index (χ3n) is 5.53. The Morgan fingerprint density at radius 3 is 1.82 bits per heavy atom. The summed E-state index contributed by atoms with van der Waals surface area (Å²) < 4.78 is 0. The third-order valence-corrected chi connectivity index (χ3v) is 6.09. The highest BCUT2D eigenvalue weighted by Gasteiger charge is 2.23. The summed E-state index contributed by atoms with van der Waals surface area (Å²) >= 11 is 11.9. The van der Waals surface area contributed by atoms with Crippen molar-refractivity contribution >= 4 is 28.9 Å². The Morgan fingerprint density at radius 1 is 0.794 bits per heavy atom. The van der Waals surface area contributed by atoms with Crippen molar-refractivity contribution < 1.29 is 0 Å². The molecule has 0 amide bonds. The van der Waals surface area contributed by atoms with E-state index in [4.69, 9.17) is 33.7 Å². The molecule has 1 fully saturated rings. The van der Waals surface area contributed by atoms with Crippen LogP contribution in [0.2, 0.25) is 10.0 Å². The highest BCUT2D eigenvalue weighted by molar-refractivity contribution is 6.33. The minimum Gasteiger partial charge on any atom is -0.368 e. The number of rotatable bonds is 3. The summed E-state index contributed by atoms with van der Waals surface area (Å²) in [6.45, 7) is 5.87. The van der Waals surface area contributed by atoms with Gasteiger partial charge in [0.05, 0.1) is 34.0 Å². The second-order valence-corrected chi connectivity index (χ2v) is 8.35. The van der Waals surface area contributed by atoms with Crippen LogP contribution in [0.25, 0.3) is 0 Å². The van der Waals surface area contributed by atoms with E-state index in [1.165, 1.54) is 5.56 Å². The van der Waals surface area contributed by atoms with Crippen LogP contribution in [0.1, 0.15) is 29.7 Å². The molecule has 1 aliphatic heterocycles. The molecule has 3 aromatic carbocycles. The molecule has 1 saturated heterocycles. The normalized spacial score (nSPS) is 13.7. The first-order chi connectivity index (χ1) is 16.5. The van der Waals surface area contributed by atoms with Gasteiger partial charge < -0.3 is 4.90 Å². The standard InChI is InChI=1S/C20H19ClN4.C6H5Cl.C2H2/c1-15(18-5-2-16(13-22)3-6-18)24-8-10-25(11-9-24)20-7-4-17(14-23)12-19(20)21;7-6-4-2-1-3-5-6;1-2/h2-7,12,15H,8-11H2,1H3;1-5H;1-2H. The summed E-state index contributed by atoms with van der Waals surface area (Å²) in [7, 11) is 0. The molecule has 0 N–H and O–H groups in total. The van der Waals surface area contributed by atoms with Crippen LogP contribution in [0.5, 0.6) is 0 Å². The largest absolute Gasteiger partial charge is 0.368 e. The Labute approximate surface area is 212 Å². The summed E-state index contributed by atoms with van der Waals surface area (Å²) in [6.07, 6.45) is 8.00. The van der Waals surface area contributed by atoms with Crippen molar-refractivity contribution in [3.8, 4) is 25.0 Å². The molecule has 4 nitrogen and oxygen atoms in total. The van der Waals surface area contributed by atoms with Crippen molar-refractivity contribution in [1.82, 2.24) is 4.90 Å². The molecule has 34 heavy (non-hydrogen) atoms. The molecular weight excluding hydrogens is 463 g/mol. The molecule has 1 heterocycles. The zero-order chi connectivity index (χ0) is 24.9. The van der Waals surface area contributed by atoms with E-state index in [-0.39, 0.29) is 0 Å². The first kappa shape index (κ1) is 26.8. The summed E-state index contributed by atoms with van der Waals surface area (Å²) in [4.78, 5) is 4.71. The van der Waals surface area contributed by atoms with Gasteiger partial charge in [-0.25, -0.2) is 0 Å². The first-order valence-electron chi connectivity index (χ1n) is 10.7. The highest BCUT2D eigenvalue weighted by Crippen LogP contribution is 2.29. The number of hydrogen-bond donors (Lipinski definition) is 0. The van der Waals surface area contributed by atoms with Crippen LogP contribution in [-0.4, -0.2) is 31.1 Å². The van der Waals surface area contributed by atoms with Crippen molar-refractivity contribution in [2.45, 2.75) is 13.0 Å². The lowest BCUT2D eigenvalue weighted by molar-refractivity contribution is 0.198. The van der Waals surface area contributed by atoms with Gasteiger partial charge in [0.2, 0.25) is 0 Å². The average molecular weight is 489 g/mol. The van der Waals surface area contributed by atoms with Gasteiger partial charge in [-0.15, -0.1) is 12.8 Å². The molecule has 0 bridgehead atoms. The lowest BCUT2D eigenvalue weighted by atomic mass is 10.0. The molecule has 6 heteroatoms. The molecule has 1 aliphatic rings. The van der Waals surface area contributed by atoms with Gasteiger partial charge in [0.1, 0.15) is 0 Å². The Bertz CT molecular complexity index is 1140. The second kappa shape index (κ2) is 13.9. The molecule has 1 atom stereocenters. The number of benzene rings is 3. The fourth-order valence-corrected chi connectivity index (χ4v) is 4.09. The Kier molecular flexibility index (Phi) is 11.0. The molecular formula is C28H26Cl2N4. The number of hydrogen-bond acceptors (Lipinski definition) is 4. The minimum absolute atomic E-state index is 0.311. The Balaban J connectivity index is 0.000000384. The molecule has 172 valence electrons. The van der Waals surface area contributed by atoms with E-state index < -0.39 is 0 Å². The van der Waals surface area contributed by atoms with Gasteiger partial charge in [-0.1, -0.05) is 53.5 Å². The van der Waals surface area contributed by atoms with Crippen molar-refractivity contribution in [2.75, 3.05) is 31.1 Å². The Hall–Kier alpha value is -3.46. The van der Waals surface area contributed by atoms with Crippen molar-refractivity contribution in [3.63, 3.8) is 0 Å². The van der Waals surface area contributed by atoms with Gasteiger partial charge in [-0.05, 0) is 55.0 Å².